The number of carbonyl (C=O) groups excluding carboxylic acids is 1. The molecule has 1 aliphatic rings. The summed E-state index contributed by atoms with van der Waals surface area (Å²) in [5, 5.41) is 9.29. The van der Waals surface area contributed by atoms with E-state index in [-0.39, 0.29) is 42.5 Å². The van der Waals surface area contributed by atoms with Crippen molar-refractivity contribution in [2.24, 2.45) is 4.99 Å². The molecule has 2 aromatic carbocycles. The Bertz CT molecular complexity index is 878. The molecule has 152 valence electrons. The molecule has 3 N–H and O–H groups in total. The Balaban J connectivity index is 0.00000300. The van der Waals surface area contributed by atoms with Crippen molar-refractivity contribution in [1.82, 2.24) is 10.6 Å². The first-order valence-electron chi connectivity index (χ1n) is 9.31. The number of nitrogens with one attached hydrogen (secondary N) is 3. The molecule has 0 bridgehead atoms. The van der Waals surface area contributed by atoms with Gasteiger partial charge in [-0.25, -0.2) is 0 Å². The van der Waals surface area contributed by atoms with Crippen molar-refractivity contribution < 1.29 is 4.79 Å². The van der Waals surface area contributed by atoms with Crippen molar-refractivity contribution >= 4 is 47.2 Å². The Hall–Kier alpha value is -2.73. The number of aliphatic imine (C=N–C) groups is 1. The molecule has 2 aromatic rings. The normalized spacial score (nSPS) is 15.8. The summed E-state index contributed by atoms with van der Waals surface area (Å²) < 4.78 is 0. The van der Waals surface area contributed by atoms with Crippen LogP contribution in [0.2, 0.25) is 0 Å². The minimum absolute atomic E-state index is 0. The lowest BCUT2D eigenvalue weighted by Crippen LogP contribution is -2.46. The van der Waals surface area contributed by atoms with Gasteiger partial charge < -0.3 is 20.9 Å². The summed E-state index contributed by atoms with van der Waals surface area (Å²) in [6, 6.07) is 17.9. The Morgan fingerprint density at radius 3 is 2.76 bits per heavy atom. The zero-order chi connectivity index (χ0) is 19.8. The monoisotopic (exact) mass is 503 g/mol. The van der Waals surface area contributed by atoms with E-state index in [9.17, 15) is 4.79 Å². The van der Waals surface area contributed by atoms with Crippen LogP contribution in [0.1, 0.15) is 12.0 Å². The standard InChI is InChI=1S/C22H25N5O.HI/c1-3-17-8-7-9-18(14-17)25-21(28)15-24-22(23-2)26-19-12-13-27(16-19)20-10-5-4-6-11-20;/h1,4-11,14,19H,12-13,15-16H2,2H3,(H,25,28)(H2,23,24,26);1H. The van der Waals surface area contributed by atoms with E-state index in [0.29, 0.717) is 11.6 Å². The number of rotatable bonds is 5. The average molecular weight is 503 g/mol. The number of para-hydroxylation sites is 1. The lowest BCUT2D eigenvalue weighted by molar-refractivity contribution is -0.115. The fraction of sp³-hybridized carbons (Fsp3) is 0.273. The van der Waals surface area contributed by atoms with Gasteiger partial charge in [-0.1, -0.05) is 30.2 Å². The van der Waals surface area contributed by atoms with E-state index in [1.54, 1.807) is 13.1 Å². The predicted molar refractivity (Wildman–Crippen MR) is 130 cm³/mol. The van der Waals surface area contributed by atoms with Crippen molar-refractivity contribution in [2.75, 3.05) is 36.9 Å². The van der Waals surface area contributed by atoms with Gasteiger partial charge in [-0.2, -0.15) is 0 Å². The summed E-state index contributed by atoms with van der Waals surface area (Å²) in [6.45, 7) is 2.01. The molecule has 0 radical (unpaired) electrons. The lowest BCUT2D eigenvalue weighted by atomic mass is 10.2. The quantitative estimate of drug-likeness (QED) is 0.254. The fourth-order valence-corrected chi connectivity index (χ4v) is 3.20. The molecule has 0 aliphatic carbocycles. The highest BCUT2D eigenvalue weighted by atomic mass is 127. The molecular formula is C22H26IN5O. The summed E-state index contributed by atoms with van der Waals surface area (Å²) >= 11 is 0. The molecule has 1 saturated heterocycles. The number of anilines is 2. The van der Waals surface area contributed by atoms with Crippen LogP contribution in [0.15, 0.2) is 59.6 Å². The number of terminal acetylenes is 1. The maximum absolute atomic E-state index is 12.2. The maximum Gasteiger partial charge on any atom is 0.243 e. The number of halogens is 1. The summed E-state index contributed by atoms with van der Waals surface area (Å²) in [7, 11) is 1.70. The molecule has 0 spiro atoms. The number of carbonyl (C=O) groups is 1. The highest BCUT2D eigenvalue weighted by Gasteiger charge is 2.23. The van der Waals surface area contributed by atoms with Crippen LogP contribution >= 0.6 is 24.0 Å². The van der Waals surface area contributed by atoms with Crippen molar-refractivity contribution in [3.63, 3.8) is 0 Å². The Morgan fingerprint density at radius 2 is 2.03 bits per heavy atom. The zero-order valence-corrected chi connectivity index (χ0v) is 18.7. The number of hydrogen-bond acceptors (Lipinski definition) is 3. The second kappa shape index (κ2) is 11.3. The van der Waals surface area contributed by atoms with Gasteiger partial charge in [-0.05, 0) is 36.8 Å². The number of hydrogen-bond donors (Lipinski definition) is 3. The first kappa shape index (κ1) is 22.6. The third kappa shape index (κ3) is 6.68. The number of guanidine groups is 1. The molecule has 1 heterocycles. The molecule has 1 unspecified atom stereocenters. The van der Waals surface area contributed by atoms with Crippen molar-refractivity contribution in [3.05, 3.63) is 60.2 Å². The van der Waals surface area contributed by atoms with Crippen LogP contribution in [0.4, 0.5) is 11.4 Å². The van der Waals surface area contributed by atoms with E-state index < -0.39 is 0 Å². The summed E-state index contributed by atoms with van der Waals surface area (Å²) in [5.41, 5.74) is 2.63. The largest absolute Gasteiger partial charge is 0.369 e. The Morgan fingerprint density at radius 1 is 1.24 bits per heavy atom. The van der Waals surface area contributed by atoms with Gasteiger partial charge in [0.2, 0.25) is 5.91 Å². The first-order valence-corrected chi connectivity index (χ1v) is 9.31. The topological polar surface area (TPSA) is 68.8 Å². The van der Waals surface area contributed by atoms with Crippen LogP contribution < -0.4 is 20.9 Å². The van der Waals surface area contributed by atoms with E-state index in [1.165, 1.54) is 5.69 Å². The molecule has 6 nitrogen and oxygen atoms in total. The van der Waals surface area contributed by atoms with Crippen LogP contribution in [-0.4, -0.2) is 44.6 Å². The summed E-state index contributed by atoms with van der Waals surface area (Å²) in [6.07, 6.45) is 6.40. The second-order valence-electron chi connectivity index (χ2n) is 6.61. The van der Waals surface area contributed by atoms with Gasteiger partial charge >= 0.3 is 0 Å². The summed E-state index contributed by atoms with van der Waals surface area (Å²) in [4.78, 5) is 18.8. The molecular weight excluding hydrogens is 477 g/mol. The van der Waals surface area contributed by atoms with Gasteiger partial charge in [0.15, 0.2) is 5.96 Å². The average Bonchev–Trinajstić information content (AvgIpc) is 3.20. The molecule has 0 aromatic heterocycles. The SMILES string of the molecule is C#Cc1cccc(NC(=O)CNC(=NC)NC2CCN(c3ccccc3)C2)c1.I. The van der Waals surface area contributed by atoms with Crippen LogP contribution in [0.3, 0.4) is 0 Å². The maximum atomic E-state index is 12.2. The number of benzene rings is 2. The van der Waals surface area contributed by atoms with E-state index in [0.717, 1.165) is 25.1 Å². The van der Waals surface area contributed by atoms with Crippen molar-refractivity contribution in [2.45, 2.75) is 12.5 Å². The third-order valence-electron chi connectivity index (χ3n) is 4.60. The van der Waals surface area contributed by atoms with Crippen molar-refractivity contribution in [3.8, 4) is 12.3 Å². The fourth-order valence-electron chi connectivity index (χ4n) is 3.20. The molecule has 1 atom stereocenters. The lowest BCUT2D eigenvalue weighted by Gasteiger charge is -2.20. The molecule has 3 rings (SSSR count). The van der Waals surface area contributed by atoms with Crippen LogP contribution in [0, 0.1) is 12.3 Å². The number of nitrogens with zero attached hydrogens (tertiary/aromatic N) is 2. The highest BCUT2D eigenvalue weighted by molar-refractivity contribution is 14.0. The highest BCUT2D eigenvalue weighted by Crippen LogP contribution is 2.19. The first-order chi connectivity index (χ1) is 13.7. The number of amides is 1. The molecule has 0 saturated carbocycles. The molecule has 1 aliphatic heterocycles. The molecule has 7 heteroatoms. The minimum atomic E-state index is -0.158. The molecule has 29 heavy (non-hydrogen) atoms. The van der Waals surface area contributed by atoms with Gasteiger partial charge in [-0.15, -0.1) is 30.4 Å². The van der Waals surface area contributed by atoms with Crippen molar-refractivity contribution in [1.29, 1.82) is 0 Å². The van der Waals surface area contributed by atoms with E-state index in [4.69, 9.17) is 6.42 Å². The smallest absolute Gasteiger partial charge is 0.243 e. The summed E-state index contributed by atoms with van der Waals surface area (Å²) in [5.74, 6) is 3.02. The third-order valence-corrected chi connectivity index (χ3v) is 4.60. The molecule has 1 fully saturated rings. The van der Waals surface area contributed by atoms with E-state index >= 15 is 0 Å². The zero-order valence-electron chi connectivity index (χ0n) is 16.4. The van der Waals surface area contributed by atoms with Gasteiger partial charge in [0, 0.05) is 43.1 Å². The molecule has 1 amide bonds. The second-order valence-corrected chi connectivity index (χ2v) is 6.61. The van der Waals surface area contributed by atoms with Gasteiger partial charge in [0.25, 0.3) is 0 Å². The van der Waals surface area contributed by atoms with Crippen LogP contribution in [-0.2, 0) is 4.79 Å². The van der Waals surface area contributed by atoms with Crippen LogP contribution in [0.5, 0.6) is 0 Å². The van der Waals surface area contributed by atoms with Gasteiger partial charge in [-0.3, -0.25) is 9.79 Å². The minimum Gasteiger partial charge on any atom is -0.369 e. The van der Waals surface area contributed by atoms with E-state index in [1.807, 2.05) is 24.3 Å². The van der Waals surface area contributed by atoms with Gasteiger partial charge in [0.1, 0.15) is 0 Å². The van der Waals surface area contributed by atoms with E-state index in [2.05, 4.69) is 56.0 Å². The predicted octanol–water partition coefficient (Wildman–Crippen LogP) is 2.67. The Kier molecular flexibility index (Phi) is 8.80. The Labute approximate surface area is 189 Å². The van der Waals surface area contributed by atoms with Gasteiger partial charge in [0.05, 0.1) is 6.54 Å². The van der Waals surface area contributed by atoms with Crippen LogP contribution in [0.25, 0.3) is 0 Å².